The molecule has 0 aliphatic heterocycles. The van der Waals surface area contributed by atoms with Crippen LogP contribution in [-0.4, -0.2) is 12.7 Å². The molecule has 2 rings (SSSR count). The van der Waals surface area contributed by atoms with Crippen LogP contribution in [0.5, 0.6) is 0 Å². The first-order chi connectivity index (χ1) is 9.40. The Morgan fingerprint density at radius 3 is 2.65 bits per heavy atom. The van der Waals surface area contributed by atoms with E-state index in [1.807, 2.05) is 6.92 Å². The van der Waals surface area contributed by atoms with Crippen molar-refractivity contribution in [3.05, 3.63) is 35.4 Å². The van der Waals surface area contributed by atoms with Crippen LogP contribution in [-0.2, 0) is 10.9 Å². The highest BCUT2D eigenvalue weighted by Crippen LogP contribution is 2.37. The van der Waals surface area contributed by atoms with E-state index < -0.39 is 11.7 Å². The molecule has 1 atom stereocenters. The fourth-order valence-corrected chi connectivity index (χ4v) is 2.68. The third kappa shape index (κ3) is 3.73. The van der Waals surface area contributed by atoms with Crippen LogP contribution in [0.1, 0.15) is 43.4 Å². The monoisotopic (exact) mass is 287 g/mol. The molecule has 0 bridgehead atoms. The fourth-order valence-electron chi connectivity index (χ4n) is 2.68. The van der Waals surface area contributed by atoms with E-state index in [1.165, 1.54) is 6.07 Å². The number of alkyl halides is 3. The van der Waals surface area contributed by atoms with Gasteiger partial charge in [0.15, 0.2) is 0 Å². The van der Waals surface area contributed by atoms with Crippen molar-refractivity contribution in [3.63, 3.8) is 0 Å². The molecule has 0 radical (unpaired) electrons. The summed E-state index contributed by atoms with van der Waals surface area (Å²) in [6.45, 7) is 2.67. The maximum Gasteiger partial charge on any atom is 0.416 e. The first-order valence-electron chi connectivity index (χ1n) is 6.94. The van der Waals surface area contributed by atoms with Gasteiger partial charge in [-0.3, -0.25) is 0 Å². The van der Waals surface area contributed by atoms with E-state index >= 15 is 0 Å². The third-order valence-corrected chi connectivity index (χ3v) is 3.82. The topological polar surface area (TPSA) is 35.2 Å². The van der Waals surface area contributed by atoms with Crippen LogP contribution in [0.15, 0.2) is 24.3 Å². The van der Waals surface area contributed by atoms with Gasteiger partial charge in [-0.25, -0.2) is 0 Å². The molecule has 20 heavy (non-hydrogen) atoms. The predicted octanol–water partition coefficient (Wildman–Crippen LogP) is 3.91. The second-order valence-corrected chi connectivity index (χ2v) is 5.38. The van der Waals surface area contributed by atoms with Crippen LogP contribution in [0.2, 0.25) is 0 Å². The van der Waals surface area contributed by atoms with Crippen LogP contribution in [0.3, 0.4) is 0 Å². The molecule has 0 aromatic heterocycles. The van der Waals surface area contributed by atoms with Crippen molar-refractivity contribution in [1.29, 1.82) is 0 Å². The van der Waals surface area contributed by atoms with Gasteiger partial charge in [0.25, 0.3) is 0 Å². The van der Waals surface area contributed by atoms with Crippen molar-refractivity contribution in [1.82, 2.24) is 0 Å². The summed E-state index contributed by atoms with van der Waals surface area (Å²) in [6, 6.07) is 4.97. The molecule has 1 saturated carbocycles. The van der Waals surface area contributed by atoms with Crippen LogP contribution < -0.4 is 5.73 Å². The van der Waals surface area contributed by atoms with Gasteiger partial charge in [0, 0.05) is 12.6 Å². The molecule has 1 aromatic carbocycles. The summed E-state index contributed by atoms with van der Waals surface area (Å²) in [4.78, 5) is 0. The molecule has 1 aromatic rings. The number of benzene rings is 1. The Balaban J connectivity index is 1.92. The summed E-state index contributed by atoms with van der Waals surface area (Å²) in [6.07, 6.45) is -1.38. The molecule has 2 N–H and O–H groups in total. The van der Waals surface area contributed by atoms with E-state index in [0.29, 0.717) is 30.6 Å². The van der Waals surface area contributed by atoms with Gasteiger partial charge in [0.1, 0.15) is 0 Å². The molecule has 0 spiro atoms. The van der Waals surface area contributed by atoms with Gasteiger partial charge < -0.3 is 10.5 Å². The van der Waals surface area contributed by atoms with E-state index in [2.05, 4.69) is 0 Å². The number of hydrogen-bond acceptors (Lipinski definition) is 2. The van der Waals surface area contributed by atoms with Gasteiger partial charge in [-0.15, -0.1) is 0 Å². The van der Waals surface area contributed by atoms with Crippen LogP contribution in [0, 0.1) is 5.92 Å². The van der Waals surface area contributed by atoms with Crippen molar-refractivity contribution in [2.75, 3.05) is 6.61 Å². The predicted molar refractivity (Wildman–Crippen MR) is 71.1 cm³/mol. The molecule has 0 amide bonds. The third-order valence-electron chi connectivity index (χ3n) is 3.82. The second-order valence-electron chi connectivity index (χ2n) is 5.38. The first kappa shape index (κ1) is 15.3. The van der Waals surface area contributed by atoms with Crippen molar-refractivity contribution in [3.8, 4) is 0 Å². The Hall–Kier alpha value is -1.07. The Bertz CT molecular complexity index is 441. The lowest BCUT2D eigenvalue weighted by molar-refractivity contribution is -0.137. The van der Waals surface area contributed by atoms with Crippen molar-refractivity contribution in [2.45, 2.75) is 44.5 Å². The van der Waals surface area contributed by atoms with E-state index in [1.54, 1.807) is 6.07 Å². The van der Waals surface area contributed by atoms with E-state index in [0.717, 1.165) is 25.0 Å². The normalized spacial score (nSPS) is 24.2. The zero-order valence-corrected chi connectivity index (χ0v) is 11.5. The number of halogens is 3. The number of hydrogen-bond donors (Lipinski definition) is 1. The lowest BCUT2D eigenvalue weighted by Gasteiger charge is -2.36. The first-order valence-corrected chi connectivity index (χ1v) is 6.94. The minimum atomic E-state index is -4.31. The highest BCUT2D eigenvalue weighted by Gasteiger charge is 2.33. The largest absolute Gasteiger partial charge is 0.416 e. The summed E-state index contributed by atoms with van der Waals surface area (Å²) < 4.78 is 43.4. The summed E-state index contributed by atoms with van der Waals surface area (Å²) in [5, 5.41) is 0. The molecule has 1 aliphatic carbocycles. The average Bonchev–Trinajstić information content (AvgIpc) is 2.35. The van der Waals surface area contributed by atoms with E-state index in [-0.39, 0.29) is 6.04 Å². The van der Waals surface area contributed by atoms with Crippen LogP contribution in [0.25, 0.3) is 0 Å². The zero-order chi connectivity index (χ0) is 14.8. The van der Waals surface area contributed by atoms with Gasteiger partial charge in [-0.05, 0) is 49.8 Å². The maximum absolute atomic E-state index is 12.6. The Labute approximate surface area is 117 Å². The fraction of sp³-hybridized carbons (Fsp3) is 0.600. The molecule has 5 heteroatoms. The summed E-state index contributed by atoms with van der Waals surface area (Å²) >= 11 is 0. The minimum Gasteiger partial charge on any atom is -0.378 e. The summed E-state index contributed by atoms with van der Waals surface area (Å²) in [7, 11) is 0. The average molecular weight is 287 g/mol. The van der Waals surface area contributed by atoms with Crippen LogP contribution in [0.4, 0.5) is 13.2 Å². The molecule has 2 nitrogen and oxygen atoms in total. The molecule has 0 heterocycles. The quantitative estimate of drug-likeness (QED) is 0.891. The van der Waals surface area contributed by atoms with Gasteiger partial charge in [-0.1, -0.05) is 12.1 Å². The Morgan fingerprint density at radius 2 is 2.05 bits per heavy atom. The summed E-state index contributed by atoms with van der Waals surface area (Å²) in [5.41, 5.74) is 5.95. The molecule has 1 fully saturated rings. The van der Waals surface area contributed by atoms with E-state index in [9.17, 15) is 13.2 Å². The molecule has 1 aliphatic rings. The van der Waals surface area contributed by atoms with Crippen molar-refractivity contribution >= 4 is 0 Å². The standard InChI is InChI=1S/C15H20F3NO/c1-2-20-13-6-10(7-13)8-14(19)11-4-3-5-12(9-11)15(16,17)18/h3-5,9-10,13-14H,2,6-8,19H2,1H3. The van der Waals surface area contributed by atoms with Gasteiger partial charge in [0.2, 0.25) is 0 Å². The van der Waals surface area contributed by atoms with Gasteiger partial charge in [0.05, 0.1) is 11.7 Å². The maximum atomic E-state index is 12.6. The Morgan fingerprint density at radius 1 is 1.35 bits per heavy atom. The smallest absolute Gasteiger partial charge is 0.378 e. The van der Waals surface area contributed by atoms with Gasteiger partial charge in [-0.2, -0.15) is 13.2 Å². The molecule has 1 unspecified atom stereocenters. The lowest BCUT2D eigenvalue weighted by Crippen LogP contribution is -2.33. The van der Waals surface area contributed by atoms with Crippen molar-refractivity contribution in [2.24, 2.45) is 11.7 Å². The lowest BCUT2D eigenvalue weighted by atomic mass is 9.77. The number of rotatable bonds is 5. The number of nitrogens with two attached hydrogens (primary N) is 1. The number of ether oxygens (including phenoxy) is 1. The SMILES string of the molecule is CCOC1CC(CC(N)c2cccc(C(F)(F)F)c2)C1. The van der Waals surface area contributed by atoms with Gasteiger partial charge >= 0.3 is 6.18 Å². The highest BCUT2D eigenvalue weighted by atomic mass is 19.4. The minimum absolute atomic E-state index is 0.304. The molecular formula is C15H20F3NO. The van der Waals surface area contributed by atoms with Crippen molar-refractivity contribution < 1.29 is 17.9 Å². The molecule has 0 saturated heterocycles. The summed E-state index contributed by atoms with van der Waals surface area (Å²) in [5.74, 6) is 0.455. The molecular weight excluding hydrogens is 267 g/mol. The highest BCUT2D eigenvalue weighted by molar-refractivity contribution is 5.27. The zero-order valence-electron chi connectivity index (χ0n) is 11.5. The van der Waals surface area contributed by atoms with Crippen LogP contribution >= 0.6 is 0 Å². The molecule has 112 valence electrons. The second kappa shape index (κ2) is 6.14. The Kier molecular flexibility index (Phi) is 4.70. The van der Waals surface area contributed by atoms with E-state index in [4.69, 9.17) is 10.5 Å².